The maximum atomic E-state index is 15.1. The highest BCUT2D eigenvalue weighted by Crippen LogP contribution is 2.37. The number of nitrogens with one attached hydrogen (secondary N) is 1. The lowest BCUT2D eigenvalue weighted by Gasteiger charge is -2.14. The molecule has 0 aliphatic heterocycles. The van der Waals surface area contributed by atoms with Crippen LogP contribution in [0.15, 0.2) is 82.2 Å². The molecule has 0 bridgehead atoms. The molecule has 0 aliphatic carbocycles. The van der Waals surface area contributed by atoms with Crippen molar-refractivity contribution < 1.29 is 32.9 Å². The quantitative estimate of drug-likeness (QED) is 0.222. The summed E-state index contributed by atoms with van der Waals surface area (Å²) in [4.78, 5) is 30.4. The predicted molar refractivity (Wildman–Crippen MR) is 151 cm³/mol. The van der Waals surface area contributed by atoms with Crippen molar-refractivity contribution in [3.63, 3.8) is 0 Å². The average Bonchev–Trinajstić information content (AvgIpc) is 2.96. The van der Waals surface area contributed by atoms with Crippen LogP contribution in [0.5, 0.6) is 28.9 Å². The molecule has 5 aromatic rings. The second-order valence-corrected chi connectivity index (χ2v) is 9.44. The summed E-state index contributed by atoms with van der Waals surface area (Å²) in [6, 6.07) is 14.6. The predicted octanol–water partition coefficient (Wildman–Crippen LogP) is 6.19. The fourth-order valence-corrected chi connectivity index (χ4v) is 4.49. The van der Waals surface area contributed by atoms with Gasteiger partial charge in [-0.1, -0.05) is 0 Å². The van der Waals surface area contributed by atoms with Crippen molar-refractivity contribution >= 4 is 38.4 Å². The summed E-state index contributed by atoms with van der Waals surface area (Å²) < 4.78 is 45.8. The van der Waals surface area contributed by atoms with Crippen LogP contribution in [-0.4, -0.2) is 34.8 Å². The number of methoxy groups -OCH3 is 2. The number of carbonyl (C=O) groups is 1. The summed E-state index contributed by atoms with van der Waals surface area (Å²) in [5, 5.41) is 13.4. The minimum absolute atomic E-state index is 0.0420. The van der Waals surface area contributed by atoms with Crippen LogP contribution in [0.4, 0.5) is 14.5 Å². The number of aromatic nitrogens is 2. The monoisotopic (exact) mass is 623 g/mol. The molecule has 0 fully saturated rings. The molecule has 0 saturated carbocycles. The number of fused-ring (bicyclic) bond motifs is 1. The Labute approximate surface area is 239 Å². The minimum Gasteiger partial charge on any atom is -0.493 e. The number of hydrogen-bond donors (Lipinski definition) is 2. The number of pyridine rings is 2. The van der Waals surface area contributed by atoms with E-state index in [-0.39, 0.29) is 27.2 Å². The van der Waals surface area contributed by atoms with Gasteiger partial charge in [0.15, 0.2) is 23.1 Å². The molecule has 41 heavy (non-hydrogen) atoms. The van der Waals surface area contributed by atoms with Crippen molar-refractivity contribution in [1.82, 2.24) is 9.55 Å². The van der Waals surface area contributed by atoms with Gasteiger partial charge in [-0.25, -0.2) is 13.3 Å². The zero-order valence-electron chi connectivity index (χ0n) is 21.4. The maximum Gasteiger partial charge on any atom is 0.270 e. The first kappa shape index (κ1) is 27.6. The largest absolute Gasteiger partial charge is 0.493 e. The molecule has 2 N–H and O–H groups in total. The third kappa shape index (κ3) is 5.41. The Bertz CT molecular complexity index is 1860. The molecule has 208 valence electrons. The Morgan fingerprint density at radius 2 is 1.63 bits per heavy atom. The molecule has 9 nitrogen and oxygen atoms in total. The zero-order chi connectivity index (χ0) is 29.3. The fourth-order valence-electron chi connectivity index (χ4n) is 4.08. The van der Waals surface area contributed by atoms with Gasteiger partial charge in [-0.15, -0.1) is 0 Å². The molecule has 0 aliphatic rings. The average molecular weight is 624 g/mol. The van der Waals surface area contributed by atoms with Crippen LogP contribution in [0.3, 0.4) is 0 Å². The van der Waals surface area contributed by atoms with Gasteiger partial charge in [-0.05, 0) is 70.5 Å². The van der Waals surface area contributed by atoms with Crippen molar-refractivity contribution in [2.75, 3.05) is 19.5 Å². The first-order valence-electron chi connectivity index (χ1n) is 11.9. The van der Waals surface area contributed by atoms with Crippen molar-refractivity contribution in [1.29, 1.82) is 0 Å². The van der Waals surface area contributed by atoms with Crippen LogP contribution in [0.25, 0.3) is 16.6 Å². The third-order valence-corrected chi connectivity index (χ3v) is 6.66. The molecule has 0 saturated heterocycles. The number of halogens is 3. The number of benzene rings is 3. The van der Waals surface area contributed by atoms with Crippen LogP contribution in [0.2, 0.25) is 0 Å². The van der Waals surface area contributed by atoms with E-state index in [1.807, 2.05) is 0 Å². The number of aromatic hydroxyl groups is 1. The molecule has 3 aromatic carbocycles. The Balaban J connectivity index is 1.42. The summed E-state index contributed by atoms with van der Waals surface area (Å²) in [7, 11) is 2.99. The van der Waals surface area contributed by atoms with Crippen LogP contribution < -0.4 is 25.1 Å². The van der Waals surface area contributed by atoms with E-state index in [2.05, 4.69) is 26.2 Å². The SMILES string of the molecule is COc1cc2nccc(Oc3ccc(NC(=O)c4cc(Br)c(O)n(-c5ccc(F)cc5)c4=O)cc3F)c2cc1OC. The summed E-state index contributed by atoms with van der Waals surface area (Å²) in [6.45, 7) is 0. The molecular weight excluding hydrogens is 604 g/mol. The molecule has 0 radical (unpaired) electrons. The Hall–Kier alpha value is -4.97. The van der Waals surface area contributed by atoms with E-state index in [9.17, 15) is 19.1 Å². The lowest BCUT2D eigenvalue weighted by Crippen LogP contribution is -2.28. The standard InChI is InChI=1S/C29H20BrF2N3O6/c1-39-25-13-18-22(14-26(25)40-2)33-10-9-23(18)41-24-8-5-16(11-21(24)32)34-27(36)19-12-20(30)29(38)35(28(19)37)17-6-3-15(31)4-7-17/h3-14,38H,1-2H3,(H,34,36). The highest BCUT2D eigenvalue weighted by Gasteiger charge is 2.20. The minimum atomic E-state index is -0.869. The van der Waals surface area contributed by atoms with Crippen LogP contribution in [0, 0.1) is 11.6 Å². The third-order valence-electron chi connectivity index (χ3n) is 6.08. The number of rotatable bonds is 7. The molecule has 12 heteroatoms. The summed E-state index contributed by atoms with van der Waals surface area (Å²) in [5.41, 5.74) is -0.505. The van der Waals surface area contributed by atoms with Crippen molar-refractivity contribution in [2.24, 2.45) is 0 Å². The summed E-state index contributed by atoms with van der Waals surface area (Å²) >= 11 is 3.12. The number of nitrogens with zero attached hydrogens (tertiary/aromatic N) is 2. The number of anilines is 1. The first-order chi connectivity index (χ1) is 19.7. The van der Waals surface area contributed by atoms with Gasteiger partial charge in [-0.3, -0.25) is 14.6 Å². The Morgan fingerprint density at radius 3 is 2.32 bits per heavy atom. The van der Waals surface area contributed by atoms with E-state index >= 15 is 4.39 Å². The van der Waals surface area contributed by atoms with Gasteiger partial charge in [0.05, 0.1) is 29.9 Å². The van der Waals surface area contributed by atoms with E-state index < -0.39 is 29.0 Å². The van der Waals surface area contributed by atoms with E-state index in [0.717, 1.165) is 28.8 Å². The number of ether oxygens (including phenoxy) is 3. The van der Waals surface area contributed by atoms with E-state index in [1.165, 1.54) is 44.7 Å². The van der Waals surface area contributed by atoms with Gasteiger partial charge >= 0.3 is 0 Å². The second-order valence-electron chi connectivity index (χ2n) is 8.58. The second kappa shape index (κ2) is 11.3. The number of carbonyl (C=O) groups excluding carboxylic acids is 1. The van der Waals surface area contributed by atoms with Crippen molar-refractivity contribution in [3.05, 3.63) is 105 Å². The van der Waals surface area contributed by atoms with Gasteiger partial charge in [-0.2, -0.15) is 0 Å². The molecule has 0 atom stereocenters. The van der Waals surface area contributed by atoms with Gasteiger partial charge in [0.1, 0.15) is 17.1 Å². The molecular formula is C29H20BrF2N3O6. The highest BCUT2D eigenvalue weighted by atomic mass is 79.9. The summed E-state index contributed by atoms with van der Waals surface area (Å²) in [6.07, 6.45) is 1.50. The van der Waals surface area contributed by atoms with Gasteiger partial charge < -0.3 is 24.6 Å². The molecule has 0 spiro atoms. The number of hydrogen-bond acceptors (Lipinski definition) is 7. The van der Waals surface area contributed by atoms with Crippen molar-refractivity contribution in [2.45, 2.75) is 0 Å². The lowest BCUT2D eigenvalue weighted by atomic mass is 10.1. The topological polar surface area (TPSA) is 112 Å². The van der Waals surface area contributed by atoms with Gasteiger partial charge in [0.25, 0.3) is 11.5 Å². The Kier molecular flexibility index (Phi) is 7.58. The van der Waals surface area contributed by atoms with Crippen LogP contribution in [0.1, 0.15) is 10.4 Å². The zero-order valence-corrected chi connectivity index (χ0v) is 23.0. The van der Waals surface area contributed by atoms with Crippen molar-refractivity contribution in [3.8, 4) is 34.6 Å². The molecule has 2 heterocycles. The summed E-state index contributed by atoms with van der Waals surface area (Å²) in [5.74, 6) is -1.58. The molecule has 1 amide bonds. The first-order valence-corrected chi connectivity index (χ1v) is 12.7. The van der Waals surface area contributed by atoms with E-state index in [4.69, 9.17) is 14.2 Å². The van der Waals surface area contributed by atoms with E-state index in [0.29, 0.717) is 28.2 Å². The van der Waals surface area contributed by atoms with Gasteiger partial charge in [0.2, 0.25) is 5.88 Å². The lowest BCUT2D eigenvalue weighted by molar-refractivity contribution is 0.102. The fraction of sp³-hybridized carbons (Fsp3) is 0.0690. The van der Waals surface area contributed by atoms with Crippen LogP contribution >= 0.6 is 15.9 Å². The van der Waals surface area contributed by atoms with Gasteiger partial charge in [0, 0.05) is 29.4 Å². The smallest absolute Gasteiger partial charge is 0.270 e. The van der Waals surface area contributed by atoms with Crippen LogP contribution in [-0.2, 0) is 0 Å². The highest BCUT2D eigenvalue weighted by molar-refractivity contribution is 9.10. The number of amides is 1. The Morgan fingerprint density at radius 1 is 0.927 bits per heavy atom. The maximum absolute atomic E-state index is 15.1. The van der Waals surface area contributed by atoms with E-state index in [1.54, 1.807) is 18.2 Å². The molecule has 5 rings (SSSR count). The molecule has 0 unspecified atom stereocenters. The molecule has 2 aromatic heterocycles. The normalized spacial score (nSPS) is 10.9.